The van der Waals surface area contributed by atoms with Crippen LogP contribution in [0, 0.1) is 23.0 Å². The van der Waals surface area contributed by atoms with Crippen LogP contribution in [-0.2, 0) is 10.0 Å². The van der Waals surface area contributed by atoms with Gasteiger partial charge in [0.25, 0.3) is 5.69 Å². The SMILES string of the molecule is Cc1ccc(S(=O)(=O)N(C)C(C)C2CC2)cc1[N+](=O)[O-]. The van der Waals surface area contributed by atoms with Crippen molar-refractivity contribution in [3.05, 3.63) is 33.9 Å². The van der Waals surface area contributed by atoms with Gasteiger partial charge < -0.3 is 0 Å². The van der Waals surface area contributed by atoms with E-state index < -0.39 is 14.9 Å². The van der Waals surface area contributed by atoms with Crippen LogP contribution < -0.4 is 0 Å². The van der Waals surface area contributed by atoms with E-state index in [1.54, 1.807) is 6.92 Å². The minimum atomic E-state index is -3.69. The van der Waals surface area contributed by atoms with Crippen LogP contribution in [0.4, 0.5) is 5.69 Å². The summed E-state index contributed by atoms with van der Waals surface area (Å²) in [6.07, 6.45) is 2.07. The molecule has 20 heavy (non-hydrogen) atoms. The van der Waals surface area contributed by atoms with Gasteiger partial charge >= 0.3 is 0 Å². The van der Waals surface area contributed by atoms with Gasteiger partial charge in [-0.1, -0.05) is 6.07 Å². The molecular weight excluding hydrogens is 280 g/mol. The highest BCUT2D eigenvalue weighted by Gasteiger charge is 2.36. The Morgan fingerprint density at radius 3 is 2.50 bits per heavy atom. The minimum absolute atomic E-state index is 0.0233. The normalized spacial score (nSPS) is 17.2. The van der Waals surface area contributed by atoms with Crippen molar-refractivity contribution in [2.24, 2.45) is 5.92 Å². The van der Waals surface area contributed by atoms with Gasteiger partial charge in [0.05, 0.1) is 9.82 Å². The van der Waals surface area contributed by atoms with Crippen LogP contribution in [0.25, 0.3) is 0 Å². The molecule has 6 nitrogen and oxygen atoms in total. The molecular formula is C13H18N2O4S. The smallest absolute Gasteiger partial charge is 0.258 e. The topological polar surface area (TPSA) is 80.5 Å². The maximum Gasteiger partial charge on any atom is 0.273 e. The van der Waals surface area contributed by atoms with E-state index in [1.165, 1.54) is 23.5 Å². The summed E-state index contributed by atoms with van der Waals surface area (Å²) in [5, 5.41) is 10.9. The summed E-state index contributed by atoms with van der Waals surface area (Å²) in [6.45, 7) is 3.46. The second-order valence-corrected chi connectivity index (χ2v) is 7.30. The first kappa shape index (κ1) is 14.9. The van der Waals surface area contributed by atoms with Gasteiger partial charge in [-0.15, -0.1) is 0 Å². The van der Waals surface area contributed by atoms with Gasteiger partial charge in [-0.05, 0) is 38.7 Å². The lowest BCUT2D eigenvalue weighted by molar-refractivity contribution is -0.385. The van der Waals surface area contributed by atoms with Gasteiger partial charge in [0.1, 0.15) is 0 Å². The first-order chi connectivity index (χ1) is 9.25. The van der Waals surface area contributed by atoms with Gasteiger partial charge in [-0.25, -0.2) is 8.42 Å². The van der Waals surface area contributed by atoms with E-state index >= 15 is 0 Å². The summed E-state index contributed by atoms with van der Waals surface area (Å²) >= 11 is 0. The molecule has 1 atom stereocenters. The van der Waals surface area contributed by atoms with Crippen LogP contribution in [0.2, 0.25) is 0 Å². The average molecular weight is 298 g/mol. The molecule has 0 aliphatic heterocycles. The maximum atomic E-state index is 12.5. The molecule has 7 heteroatoms. The number of aryl methyl sites for hydroxylation is 1. The van der Waals surface area contributed by atoms with Crippen molar-refractivity contribution < 1.29 is 13.3 Å². The quantitative estimate of drug-likeness (QED) is 0.617. The number of nitro benzene ring substituents is 1. The molecule has 2 rings (SSSR count). The van der Waals surface area contributed by atoms with Crippen molar-refractivity contribution in [3.63, 3.8) is 0 Å². The molecule has 1 saturated carbocycles. The first-order valence-electron chi connectivity index (χ1n) is 6.48. The molecule has 1 aliphatic carbocycles. The van der Waals surface area contributed by atoms with Gasteiger partial charge in [0.15, 0.2) is 0 Å². The molecule has 0 saturated heterocycles. The largest absolute Gasteiger partial charge is 0.273 e. The van der Waals surface area contributed by atoms with Crippen molar-refractivity contribution in [3.8, 4) is 0 Å². The Kier molecular flexibility index (Phi) is 3.84. The fraction of sp³-hybridized carbons (Fsp3) is 0.538. The molecule has 1 unspecified atom stereocenters. The van der Waals surface area contributed by atoms with Crippen LogP contribution >= 0.6 is 0 Å². The third-order valence-electron chi connectivity index (χ3n) is 3.93. The zero-order valence-electron chi connectivity index (χ0n) is 11.7. The lowest BCUT2D eigenvalue weighted by atomic mass is 10.2. The Bertz CT molecular complexity index is 638. The lowest BCUT2D eigenvalue weighted by Gasteiger charge is -2.24. The minimum Gasteiger partial charge on any atom is -0.258 e. The molecule has 1 aromatic carbocycles. The third-order valence-corrected chi connectivity index (χ3v) is 5.87. The molecule has 110 valence electrons. The number of sulfonamides is 1. The summed E-state index contributed by atoms with van der Waals surface area (Å²) < 4.78 is 26.3. The van der Waals surface area contributed by atoms with E-state index in [-0.39, 0.29) is 16.6 Å². The molecule has 0 aromatic heterocycles. The fourth-order valence-corrected chi connectivity index (χ4v) is 3.65. The zero-order chi connectivity index (χ0) is 15.1. The van der Waals surface area contributed by atoms with Crippen molar-refractivity contribution in [1.82, 2.24) is 4.31 Å². The second-order valence-electron chi connectivity index (χ2n) is 5.30. The Labute approximate surface area is 118 Å². The predicted molar refractivity (Wildman–Crippen MR) is 75.0 cm³/mol. The highest BCUT2D eigenvalue weighted by Crippen LogP contribution is 2.36. The van der Waals surface area contributed by atoms with Gasteiger partial charge in [-0.3, -0.25) is 10.1 Å². The van der Waals surface area contributed by atoms with Crippen LogP contribution in [-0.4, -0.2) is 30.7 Å². The van der Waals surface area contributed by atoms with Crippen LogP contribution in [0.5, 0.6) is 0 Å². The number of hydrogen-bond acceptors (Lipinski definition) is 4. The number of hydrogen-bond donors (Lipinski definition) is 0. The van der Waals surface area contributed by atoms with Crippen LogP contribution in [0.15, 0.2) is 23.1 Å². The molecule has 0 N–H and O–H groups in total. The highest BCUT2D eigenvalue weighted by molar-refractivity contribution is 7.89. The third kappa shape index (κ3) is 2.69. The summed E-state index contributed by atoms with van der Waals surface area (Å²) in [4.78, 5) is 10.3. The van der Waals surface area contributed by atoms with Crippen molar-refractivity contribution in [2.75, 3.05) is 7.05 Å². The summed E-state index contributed by atoms with van der Waals surface area (Å²) in [7, 11) is -2.16. The molecule has 0 bridgehead atoms. The number of nitrogens with zero attached hydrogens (tertiary/aromatic N) is 2. The Hall–Kier alpha value is -1.47. The Morgan fingerprint density at radius 2 is 2.00 bits per heavy atom. The first-order valence-corrected chi connectivity index (χ1v) is 7.92. The second kappa shape index (κ2) is 5.14. The van der Waals surface area contributed by atoms with Crippen molar-refractivity contribution in [2.45, 2.75) is 37.6 Å². The summed E-state index contributed by atoms with van der Waals surface area (Å²) in [5.41, 5.74) is 0.283. The highest BCUT2D eigenvalue weighted by atomic mass is 32.2. The van der Waals surface area contributed by atoms with E-state index in [0.29, 0.717) is 11.5 Å². The van der Waals surface area contributed by atoms with Gasteiger partial charge in [-0.2, -0.15) is 4.31 Å². The Morgan fingerprint density at radius 1 is 1.40 bits per heavy atom. The van der Waals surface area contributed by atoms with E-state index in [2.05, 4.69) is 0 Å². The molecule has 1 fully saturated rings. The molecule has 0 amide bonds. The van der Waals surface area contributed by atoms with Crippen molar-refractivity contribution >= 4 is 15.7 Å². The van der Waals surface area contributed by atoms with Crippen LogP contribution in [0.3, 0.4) is 0 Å². The van der Waals surface area contributed by atoms with Crippen LogP contribution in [0.1, 0.15) is 25.3 Å². The lowest BCUT2D eigenvalue weighted by Crippen LogP contribution is -2.36. The van der Waals surface area contributed by atoms with Gasteiger partial charge in [0.2, 0.25) is 10.0 Å². The number of benzene rings is 1. The number of nitro groups is 1. The van der Waals surface area contributed by atoms with E-state index in [9.17, 15) is 18.5 Å². The zero-order valence-corrected chi connectivity index (χ0v) is 12.6. The fourth-order valence-electron chi connectivity index (χ4n) is 2.21. The maximum absolute atomic E-state index is 12.5. The van der Waals surface area contributed by atoms with Crippen molar-refractivity contribution in [1.29, 1.82) is 0 Å². The van der Waals surface area contributed by atoms with E-state index in [1.807, 2.05) is 6.92 Å². The molecule has 1 aromatic rings. The Balaban J connectivity index is 2.38. The summed E-state index contributed by atoms with van der Waals surface area (Å²) in [6, 6.07) is 3.95. The molecule has 1 aliphatic rings. The van der Waals surface area contributed by atoms with Gasteiger partial charge in [0, 0.05) is 24.7 Å². The van der Waals surface area contributed by atoms with E-state index in [0.717, 1.165) is 18.9 Å². The molecule has 0 spiro atoms. The molecule has 0 radical (unpaired) electrons. The predicted octanol–water partition coefficient (Wildman–Crippen LogP) is 2.32. The van der Waals surface area contributed by atoms with E-state index in [4.69, 9.17) is 0 Å². The standard InChI is InChI=1S/C13H18N2O4S/c1-9-4-7-12(8-13(9)15(16)17)20(18,19)14(3)10(2)11-5-6-11/h4,7-8,10-11H,5-6H2,1-3H3. The number of rotatable bonds is 5. The monoisotopic (exact) mass is 298 g/mol. The summed E-state index contributed by atoms with van der Waals surface area (Å²) in [5.74, 6) is 0.398. The average Bonchev–Trinajstić information content (AvgIpc) is 3.21. The molecule has 0 heterocycles.